The number of halogens is 2. The van der Waals surface area contributed by atoms with Crippen LogP contribution < -0.4 is 5.32 Å². The molecule has 0 saturated heterocycles. The maximum absolute atomic E-state index is 13.1. The van der Waals surface area contributed by atoms with Crippen molar-refractivity contribution in [2.75, 3.05) is 6.61 Å². The molecule has 0 bridgehead atoms. The molecule has 1 aliphatic carbocycles. The number of nitrogens with one attached hydrogen (secondary N) is 1. The fourth-order valence-corrected chi connectivity index (χ4v) is 4.19. The van der Waals surface area contributed by atoms with Gasteiger partial charge >= 0.3 is 5.97 Å². The van der Waals surface area contributed by atoms with Crippen LogP contribution in [-0.4, -0.2) is 29.5 Å². The highest BCUT2D eigenvalue weighted by atomic mass is 35.5. The van der Waals surface area contributed by atoms with Crippen molar-refractivity contribution in [3.05, 3.63) is 74.9 Å². The third kappa shape index (κ3) is 4.64. The Bertz CT molecular complexity index is 1250. The molecule has 0 spiro atoms. The Hall–Kier alpha value is -2.89. The topological polar surface area (TPSA) is 68.3 Å². The molecule has 0 saturated carbocycles. The Morgan fingerprint density at radius 2 is 1.91 bits per heavy atom. The van der Waals surface area contributed by atoms with E-state index in [1.807, 2.05) is 50.3 Å². The first kappa shape index (κ1) is 22.3. The summed E-state index contributed by atoms with van der Waals surface area (Å²) >= 11 is 12.2. The Labute approximate surface area is 196 Å². The number of carbonyl (C=O) groups is 2. The molecular weight excluding hydrogens is 447 g/mol. The van der Waals surface area contributed by atoms with E-state index in [1.165, 1.54) is 0 Å². The molecule has 2 aromatic carbocycles. The summed E-state index contributed by atoms with van der Waals surface area (Å²) in [7, 11) is 0. The van der Waals surface area contributed by atoms with Crippen molar-refractivity contribution in [1.29, 1.82) is 0 Å². The average Bonchev–Trinajstić information content (AvgIpc) is 3.14. The summed E-state index contributed by atoms with van der Waals surface area (Å²) in [5.74, 6) is -0.849. The second-order valence-corrected chi connectivity index (χ2v) is 8.79. The van der Waals surface area contributed by atoms with E-state index in [0.29, 0.717) is 27.5 Å². The Kier molecular flexibility index (Phi) is 6.49. The van der Waals surface area contributed by atoms with Crippen molar-refractivity contribution in [3.8, 4) is 0 Å². The normalized spacial score (nSPS) is 14.1. The maximum Gasteiger partial charge on any atom is 0.339 e. The SMILES string of the molecule is CC(C)NC(=O)COC(=O)c1c2c(nc3ccccc13)C(=Cc1ccc(Cl)c(Cl)c1)CC2. The van der Waals surface area contributed by atoms with E-state index in [1.54, 1.807) is 12.1 Å². The molecule has 1 aliphatic rings. The number of nitrogens with zero attached hydrogens (tertiary/aromatic N) is 1. The van der Waals surface area contributed by atoms with Crippen LogP contribution in [0.2, 0.25) is 10.0 Å². The Balaban J connectivity index is 1.73. The Morgan fingerprint density at radius 3 is 2.66 bits per heavy atom. The summed E-state index contributed by atoms with van der Waals surface area (Å²) in [5.41, 5.74) is 4.70. The van der Waals surface area contributed by atoms with E-state index in [-0.39, 0.29) is 18.6 Å². The number of fused-ring (bicyclic) bond motifs is 2. The molecular formula is C25H22Cl2N2O3. The smallest absolute Gasteiger partial charge is 0.339 e. The van der Waals surface area contributed by atoms with Crippen molar-refractivity contribution < 1.29 is 14.3 Å². The maximum atomic E-state index is 13.1. The summed E-state index contributed by atoms with van der Waals surface area (Å²) in [6.07, 6.45) is 3.40. The van der Waals surface area contributed by atoms with Gasteiger partial charge in [-0.3, -0.25) is 4.79 Å². The number of hydrogen-bond acceptors (Lipinski definition) is 4. The highest BCUT2D eigenvalue weighted by Crippen LogP contribution is 2.38. The molecule has 3 aromatic rings. The number of ether oxygens (including phenoxy) is 1. The van der Waals surface area contributed by atoms with Crippen LogP contribution in [0, 0.1) is 0 Å². The van der Waals surface area contributed by atoms with E-state index in [9.17, 15) is 9.59 Å². The molecule has 7 heteroatoms. The second kappa shape index (κ2) is 9.31. The zero-order valence-corrected chi connectivity index (χ0v) is 19.3. The first-order valence-corrected chi connectivity index (χ1v) is 11.1. The van der Waals surface area contributed by atoms with E-state index in [4.69, 9.17) is 32.9 Å². The number of allylic oxidation sites excluding steroid dienone is 1. The molecule has 4 rings (SSSR count). The number of hydrogen-bond donors (Lipinski definition) is 1. The van der Waals surface area contributed by atoms with Crippen molar-refractivity contribution in [3.63, 3.8) is 0 Å². The lowest BCUT2D eigenvalue weighted by molar-refractivity contribution is -0.124. The number of esters is 1. The fraction of sp³-hybridized carbons (Fsp3) is 0.240. The molecule has 1 aromatic heterocycles. The van der Waals surface area contributed by atoms with Gasteiger partial charge in [0.05, 0.1) is 26.8 Å². The van der Waals surface area contributed by atoms with Gasteiger partial charge in [0.1, 0.15) is 0 Å². The van der Waals surface area contributed by atoms with Gasteiger partial charge in [-0.15, -0.1) is 0 Å². The van der Waals surface area contributed by atoms with Crippen LogP contribution in [0.15, 0.2) is 42.5 Å². The lowest BCUT2D eigenvalue weighted by Gasteiger charge is -2.13. The summed E-state index contributed by atoms with van der Waals surface area (Å²) in [6, 6.07) is 12.9. The predicted octanol–water partition coefficient (Wildman–Crippen LogP) is 5.71. The minimum Gasteiger partial charge on any atom is -0.452 e. The van der Waals surface area contributed by atoms with E-state index in [2.05, 4.69) is 5.32 Å². The molecule has 0 aliphatic heterocycles. The molecule has 1 N–H and O–H groups in total. The van der Waals surface area contributed by atoms with Gasteiger partial charge in [-0.25, -0.2) is 9.78 Å². The highest BCUT2D eigenvalue weighted by molar-refractivity contribution is 6.42. The lowest BCUT2D eigenvalue weighted by atomic mass is 10.0. The first-order valence-electron chi connectivity index (χ1n) is 10.4. The van der Waals surface area contributed by atoms with E-state index < -0.39 is 5.97 Å². The second-order valence-electron chi connectivity index (χ2n) is 7.97. The first-order chi connectivity index (χ1) is 15.3. The van der Waals surface area contributed by atoms with Gasteiger partial charge in [-0.2, -0.15) is 0 Å². The van der Waals surface area contributed by atoms with Gasteiger partial charge in [0.25, 0.3) is 5.91 Å². The van der Waals surface area contributed by atoms with Gasteiger partial charge in [0.2, 0.25) is 0 Å². The molecule has 0 fully saturated rings. The number of para-hydroxylation sites is 1. The highest BCUT2D eigenvalue weighted by Gasteiger charge is 2.28. The molecule has 1 heterocycles. The molecule has 1 amide bonds. The predicted molar refractivity (Wildman–Crippen MR) is 128 cm³/mol. The third-order valence-corrected chi connectivity index (χ3v) is 5.95. The number of pyridine rings is 1. The van der Waals surface area contributed by atoms with Crippen molar-refractivity contribution in [2.24, 2.45) is 0 Å². The summed E-state index contributed by atoms with van der Waals surface area (Å²) in [6.45, 7) is 3.38. The third-order valence-electron chi connectivity index (χ3n) is 5.21. The van der Waals surface area contributed by atoms with Gasteiger partial charge in [-0.1, -0.05) is 47.5 Å². The standard InChI is InChI=1S/C25H22Cl2N2O3/c1-14(2)28-22(30)13-32-25(31)23-17-5-3-4-6-21(17)29-24-16(8-9-18(23)24)11-15-7-10-19(26)20(27)12-15/h3-7,10-12,14H,8-9,13H2,1-2H3,(H,28,30). The van der Waals surface area contributed by atoms with Crippen LogP contribution in [0.1, 0.15) is 47.4 Å². The quantitative estimate of drug-likeness (QED) is 0.486. The molecule has 0 radical (unpaired) electrons. The molecule has 164 valence electrons. The minimum atomic E-state index is -0.519. The van der Waals surface area contributed by atoms with Crippen LogP contribution >= 0.6 is 23.2 Å². The largest absolute Gasteiger partial charge is 0.452 e. The van der Waals surface area contributed by atoms with Crippen LogP contribution in [0.4, 0.5) is 0 Å². The average molecular weight is 469 g/mol. The van der Waals surface area contributed by atoms with Crippen LogP contribution in [-0.2, 0) is 16.0 Å². The zero-order valence-electron chi connectivity index (χ0n) is 17.7. The zero-order chi connectivity index (χ0) is 22.8. The van der Waals surface area contributed by atoms with Crippen LogP contribution in [0.25, 0.3) is 22.6 Å². The minimum absolute atomic E-state index is 0.0266. The molecule has 0 atom stereocenters. The van der Waals surface area contributed by atoms with Gasteiger partial charge in [-0.05, 0) is 67.7 Å². The molecule has 32 heavy (non-hydrogen) atoms. The number of amides is 1. The van der Waals surface area contributed by atoms with Crippen molar-refractivity contribution in [1.82, 2.24) is 10.3 Å². The summed E-state index contributed by atoms with van der Waals surface area (Å²) in [5, 5.41) is 4.42. The van der Waals surface area contributed by atoms with Gasteiger partial charge in [0.15, 0.2) is 6.61 Å². The van der Waals surface area contributed by atoms with Gasteiger partial charge < -0.3 is 10.1 Å². The van der Waals surface area contributed by atoms with E-state index in [0.717, 1.165) is 34.2 Å². The van der Waals surface area contributed by atoms with Crippen molar-refractivity contribution >= 4 is 57.6 Å². The number of benzene rings is 2. The Morgan fingerprint density at radius 1 is 1.12 bits per heavy atom. The number of aromatic nitrogens is 1. The monoisotopic (exact) mass is 468 g/mol. The van der Waals surface area contributed by atoms with Gasteiger partial charge in [0, 0.05) is 11.4 Å². The number of rotatable bonds is 5. The fourth-order valence-electron chi connectivity index (χ4n) is 3.88. The van der Waals surface area contributed by atoms with Crippen molar-refractivity contribution in [2.45, 2.75) is 32.7 Å². The number of carbonyl (C=O) groups excluding carboxylic acids is 2. The van der Waals surface area contributed by atoms with E-state index >= 15 is 0 Å². The van der Waals surface area contributed by atoms with Crippen LogP contribution in [0.3, 0.4) is 0 Å². The lowest BCUT2D eigenvalue weighted by Crippen LogP contribution is -2.34. The molecule has 0 unspecified atom stereocenters. The summed E-state index contributed by atoms with van der Waals surface area (Å²) in [4.78, 5) is 29.9. The van der Waals surface area contributed by atoms with Crippen LogP contribution in [0.5, 0.6) is 0 Å². The molecule has 5 nitrogen and oxygen atoms in total. The summed E-state index contributed by atoms with van der Waals surface area (Å²) < 4.78 is 5.38.